The van der Waals surface area contributed by atoms with Gasteiger partial charge in [-0.05, 0) is 54.8 Å². The van der Waals surface area contributed by atoms with Crippen molar-refractivity contribution in [3.8, 4) is 11.5 Å². The standard InChI is InChI=1S/C17H18O3/c1-3-4-13-5-10-16(12(2)11-13)20-15-8-6-14(7-9-15)17(18)19/h5-11H,3-4H2,1-2H3,(H,18,19). The van der Waals surface area contributed by atoms with Crippen molar-refractivity contribution < 1.29 is 14.6 Å². The number of rotatable bonds is 5. The van der Waals surface area contributed by atoms with Gasteiger partial charge in [-0.2, -0.15) is 0 Å². The van der Waals surface area contributed by atoms with Gasteiger partial charge in [0.15, 0.2) is 0 Å². The van der Waals surface area contributed by atoms with E-state index in [0.29, 0.717) is 5.75 Å². The Kier molecular flexibility index (Phi) is 4.41. The average molecular weight is 270 g/mol. The molecule has 0 aromatic heterocycles. The van der Waals surface area contributed by atoms with Gasteiger partial charge >= 0.3 is 5.97 Å². The number of hydrogen-bond acceptors (Lipinski definition) is 2. The number of benzene rings is 2. The Morgan fingerprint density at radius 3 is 2.40 bits per heavy atom. The Labute approximate surface area is 118 Å². The van der Waals surface area contributed by atoms with E-state index in [-0.39, 0.29) is 5.56 Å². The molecule has 0 fully saturated rings. The zero-order chi connectivity index (χ0) is 14.5. The molecular weight excluding hydrogens is 252 g/mol. The van der Waals surface area contributed by atoms with E-state index >= 15 is 0 Å². The maximum Gasteiger partial charge on any atom is 0.335 e. The van der Waals surface area contributed by atoms with E-state index in [4.69, 9.17) is 9.84 Å². The summed E-state index contributed by atoms with van der Waals surface area (Å²) in [6.07, 6.45) is 2.19. The summed E-state index contributed by atoms with van der Waals surface area (Å²) in [7, 11) is 0. The molecule has 3 heteroatoms. The molecule has 0 aliphatic rings. The first-order valence-corrected chi connectivity index (χ1v) is 6.71. The molecule has 0 aliphatic heterocycles. The van der Waals surface area contributed by atoms with Gasteiger partial charge in [0.25, 0.3) is 0 Å². The minimum absolute atomic E-state index is 0.257. The molecule has 0 atom stereocenters. The lowest BCUT2D eigenvalue weighted by molar-refractivity contribution is 0.0697. The molecule has 0 radical (unpaired) electrons. The summed E-state index contributed by atoms with van der Waals surface area (Å²) in [6, 6.07) is 12.6. The van der Waals surface area contributed by atoms with Gasteiger partial charge in [-0.15, -0.1) is 0 Å². The van der Waals surface area contributed by atoms with E-state index in [0.717, 1.165) is 24.2 Å². The van der Waals surface area contributed by atoms with Crippen molar-refractivity contribution >= 4 is 5.97 Å². The third-order valence-electron chi connectivity index (χ3n) is 3.11. The Bertz CT molecular complexity index is 600. The highest BCUT2D eigenvalue weighted by molar-refractivity contribution is 5.87. The number of carboxylic acid groups (broad SMARTS) is 1. The average Bonchev–Trinajstić information content (AvgIpc) is 2.43. The summed E-state index contributed by atoms with van der Waals surface area (Å²) in [5, 5.41) is 8.85. The van der Waals surface area contributed by atoms with Gasteiger partial charge in [-0.3, -0.25) is 0 Å². The molecule has 1 N–H and O–H groups in total. The number of hydrogen-bond donors (Lipinski definition) is 1. The van der Waals surface area contributed by atoms with Crippen LogP contribution in [-0.2, 0) is 6.42 Å². The molecule has 0 spiro atoms. The fraction of sp³-hybridized carbons (Fsp3) is 0.235. The van der Waals surface area contributed by atoms with E-state index in [1.807, 2.05) is 13.0 Å². The van der Waals surface area contributed by atoms with Gasteiger partial charge in [-0.1, -0.05) is 25.5 Å². The van der Waals surface area contributed by atoms with Crippen molar-refractivity contribution in [2.75, 3.05) is 0 Å². The highest BCUT2D eigenvalue weighted by atomic mass is 16.5. The summed E-state index contributed by atoms with van der Waals surface area (Å²) < 4.78 is 5.78. The first kappa shape index (κ1) is 14.1. The second kappa shape index (κ2) is 6.24. The molecule has 0 saturated heterocycles. The number of aryl methyl sites for hydroxylation is 2. The predicted octanol–water partition coefficient (Wildman–Crippen LogP) is 4.44. The van der Waals surface area contributed by atoms with E-state index in [1.165, 1.54) is 5.56 Å². The van der Waals surface area contributed by atoms with Crippen LogP contribution in [-0.4, -0.2) is 11.1 Å². The monoisotopic (exact) mass is 270 g/mol. The number of ether oxygens (including phenoxy) is 1. The SMILES string of the molecule is CCCc1ccc(Oc2ccc(C(=O)O)cc2)c(C)c1. The predicted molar refractivity (Wildman–Crippen MR) is 78.6 cm³/mol. The molecule has 104 valence electrons. The fourth-order valence-corrected chi connectivity index (χ4v) is 2.06. The maximum absolute atomic E-state index is 10.8. The Hall–Kier alpha value is -2.29. The summed E-state index contributed by atoms with van der Waals surface area (Å²) >= 11 is 0. The van der Waals surface area contributed by atoms with Gasteiger partial charge in [0, 0.05) is 0 Å². The van der Waals surface area contributed by atoms with Gasteiger partial charge in [0.1, 0.15) is 11.5 Å². The highest BCUT2D eigenvalue weighted by Crippen LogP contribution is 2.26. The van der Waals surface area contributed by atoms with Crippen LogP contribution in [0, 0.1) is 6.92 Å². The first-order valence-electron chi connectivity index (χ1n) is 6.71. The van der Waals surface area contributed by atoms with Gasteiger partial charge in [0.05, 0.1) is 5.56 Å². The van der Waals surface area contributed by atoms with Crippen molar-refractivity contribution in [1.82, 2.24) is 0 Å². The van der Waals surface area contributed by atoms with Crippen LogP contribution in [0.25, 0.3) is 0 Å². The Morgan fingerprint density at radius 1 is 1.15 bits per heavy atom. The molecular formula is C17H18O3. The van der Waals surface area contributed by atoms with Gasteiger partial charge in [0.2, 0.25) is 0 Å². The van der Waals surface area contributed by atoms with Crippen molar-refractivity contribution in [2.45, 2.75) is 26.7 Å². The Balaban J connectivity index is 2.15. The molecule has 2 aromatic carbocycles. The fourth-order valence-electron chi connectivity index (χ4n) is 2.06. The quantitative estimate of drug-likeness (QED) is 0.873. The third-order valence-corrected chi connectivity index (χ3v) is 3.11. The molecule has 0 bridgehead atoms. The molecule has 0 amide bonds. The zero-order valence-electron chi connectivity index (χ0n) is 11.7. The van der Waals surface area contributed by atoms with Gasteiger partial charge in [-0.25, -0.2) is 4.79 Å². The van der Waals surface area contributed by atoms with Crippen LogP contribution in [0.15, 0.2) is 42.5 Å². The minimum Gasteiger partial charge on any atom is -0.478 e. The van der Waals surface area contributed by atoms with Crippen LogP contribution in [0.2, 0.25) is 0 Å². The molecule has 2 aromatic rings. The Morgan fingerprint density at radius 2 is 1.85 bits per heavy atom. The van der Waals surface area contributed by atoms with Crippen molar-refractivity contribution in [1.29, 1.82) is 0 Å². The molecule has 0 unspecified atom stereocenters. The van der Waals surface area contributed by atoms with Crippen LogP contribution in [0.1, 0.15) is 34.8 Å². The van der Waals surface area contributed by atoms with Crippen LogP contribution >= 0.6 is 0 Å². The minimum atomic E-state index is -0.934. The molecule has 0 heterocycles. The van der Waals surface area contributed by atoms with Crippen LogP contribution in [0.5, 0.6) is 11.5 Å². The third kappa shape index (κ3) is 3.38. The van der Waals surface area contributed by atoms with E-state index < -0.39 is 5.97 Å². The second-order valence-electron chi connectivity index (χ2n) is 4.78. The van der Waals surface area contributed by atoms with Crippen molar-refractivity contribution in [3.63, 3.8) is 0 Å². The molecule has 0 aliphatic carbocycles. The highest BCUT2D eigenvalue weighted by Gasteiger charge is 2.05. The smallest absolute Gasteiger partial charge is 0.335 e. The van der Waals surface area contributed by atoms with Gasteiger partial charge < -0.3 is 9.84 Å². The number of carbonyl (C=O) groups is 1. The number of carboxylic acids is 1. The summed E-state index contributed by atoms with van der Waals surface area (Å²) in [6.45, 7) is 4.17. The largest absolute Gasteiger partial charge is 0.478 e. The molecule has 2 rings (SSSR count). The summed E-state index contributed by atoms with van der Waals surface area (Å²) in [4.78, 5) is 10.8. The maximum atomic E-state index is 10.8. The van der Waals surface area contributed by atoms with E-state index in [9.17, 15) is 4.79 Å². The van der Waals surface area contributed by atoms with Crippen molar-refractivity contribution in [2.24, 2.45) is 0 Å². The molecule has 3 nitrogen and oxygen atoms in total. The van der Waals surface area contributed by atoms with E-state index in [2.05, 4.69) is 19.1 Å². The van der Waals surface area contributed by atoms with Crippen LogP contribution < -0.4 is 4.74 Å². The van der Waals surface area contributed by atoms with Crippen LogP contribution in [0.3, 0.4) is 0 Å². The summed E-state index contributed by atoms with van der Waals surface area (Å²) in [5.74, 6) is 0.505. The zero-order valence-corrected chi connectivity index (χ0v) is 11.7. The van der Waals surface area contributed by atoms with Crippen LogP contribution in [0.4, 0.5) is 0 Å². The second-order valence-corrected chi connectivity index (χ2v) is 4.78. The molecule has 0 saturated carbocycles. The van der Waals surface area contributed by atoms with Crippen molar-refractivity contribution in [3.05, 3.63) is 59.2 Å². The topological polar surface area (TPSA) is 46.5 Å². The number of aromatic carboxylic acids is 1. The summed E-state index contributed by atoms with van der Waals surface area (Å²) in [5.41, 5.74) is 2.64. The first-order chi connectivity index (χ1) is 9.60. The normalized spacial score (nSPS) is 10.3. The lowest BCUT2D eigenvalue weighted by atomic mass is 10.1. The van der Waals surface area contributed by atoms with E-state index in [1.54, 1.807) is 24.3 Å². The lowest BCUT2D eigenvalue weighted by Gasteiger charge is -2.10. The molecule has 20 heavy (non-hydrogen) atoms. The lowest BCUT2D eigenvalue weighted by Crippen LogP contribution is -1.95.